The molecule has 0 aliphatic carbocycles. The van der Waals surface area contributed by atoms with Gasteiger partial charge in [0.15, 0.2) is 0 Å². The van der Waals surface area contributed by atoms with E-state index < -0.39 is 0 Å². The SMILES string of the molecule is OCCN1CCC2(CCNC2)CC1. The highest BCUT2D eigenvalue weighted by Gasteiger charge is 2.36. The summed E-state index contributed by atoms with van der Waals surface area (Å²) in [6, 6.07) is 0. The second kappa shape index (κ2) is 3.95. The van der Waals surface area contributed by atoms with Gasteiger partial charge in [0.2, 0.25) is 0 Å². The van der Waals surface area contributed by atoms with Crippen LogP contribution in [0.4, 0.5) is 0 Å². The van der Waals surface area contributed by atoms with E-state index in [-0.39, 0.29) is 0 Å². The maximum absolute atomic E-state index is 8.82. The molecule has 2 saturated heterocycles. The Morgan fingerprint density at radius 2 is 2.00 bits per heavy atom. The molecule has 1 spiro atoms. The second-order valence-electron chi connectivity index (χ2n) is 4.49. The number of aliphatic hydroxyl groups excluding tert-OH is 1. The largest absolute Gasteiger partial charge is 0.395 e. The molecule has 2 rings (SSSR count). The molecule has 0 radical (unpaired) electrons. The van der Waals surface area contributed by atoms with E-state index in [1.807, 2.05) is 0 Å². The van der Waals surface area contributed by atoms with Gasteiger partial charge in [-0.25, -0.2) is 0 Å². The molecule has 0 saturated carbocycles. The van der Waals surface area contributed by atoms with E-state index in [9.17, 15) is 0 Å². The van der Waals surface area contributed by atoms with Gasteiger partial charge in [0, 0.05) is 13.1 Å². The first-order valence-corrected chi connectivity index (χ1v) is 5.39. The fourth-order valence-corrected chi connectivity index (χ4v) is 2.61. The number of likely N-dealkylation sites (tertiary alicyclic amines) is 1. The number of aliphatic hydroxyl groups is 1. The average molecular weight is 184 g/mol. The Kier molecular flexibility index (Phi) is 2.86. The van der Waals surface area contributed by atoms with Gasteiger partial charge in [-0.15, -0.1) is 0 Å². The fourth-order valence-electron chi connectivity index (χ4n) is 2.61. The molecular weight excluding hydrogens is 164 g/mol. The summed E-state index contributed by atoms with van der Waals surface area (Å²) >= 11 is 0. The summed E-state index contributed by atoms with van der Waals surface area (Å²) in [5.74, 6) is 0. The molecule has 0 unspecified atom stereocenters. The lowest BCUT2D eigenvalue weighted by Crippen LogP contribution is -2.42. The van der Waals surface area contributed by atoms with Gasteiger partial charge >= 0.3 is 0 Å². The molecule has 2 aliphatic rings. The predicted molar refractivity (Wildman–Crippen MR) is 52.7 cm³/mol. The van der Waals surface area contributed by atoms with Crippen LogP contribution < -0.4 is 5.32 Å². The van der Waals surface area contributed by atoms with Crippen LogP contribution in [0, 0.1) is 5.41 Å². The number of β-amino-alcohol motifs (C(OH)–C–C–N with tert-alkyl or cyclic N) is 1. The van der Waals surface area contributed by atoms with E-state index in [0.29, 0.717) is 12.0 Å². The Hall–Kier alpha value is -0.120. The molecule has 0 aromatic carbocycles. The van der Waals surface area contributed by atoms with Gasteiger partial charge in [0.25, 0.3) is 0 Å². The van der Waals surface area contributed by atoms with Crippen molar-refractivity contribution in [1.82, 2.24) is 10.2 Å². The van der Waals surface area contributed by atoms with Crippen LogP contribution in [-0.4, -0.2) is 49.3 Å². The molecule has 0 aromatic heterocycles. The molecule has 0 amide bonds. The third-order valence-electron chi connectivity index (χ3n) is 3.67. The zero-order valence-corrected chi connectivity index (χ0v) is 8.26. The first-order valence-electron chi connectivity index (χ1n) is 5.39. The Morgan fingerprint density at radius 1 is 1.23 bits per heavy atom. The minimum atomic E-state index is 0.311. The number of nitrogens with zero attached hydrogens (tertiary/aromatic N) is 1. The summed E-state index contributed by atoms with van der Waals surface area (Å²) in [6.07, 6.45) is 4.00. The van der Waals surface area contributed by atoms with E-state index in [1.165, 1.54) is 45.4 Å². The van der Waals surface area contributed by atoms with Gasteiger partial charge in [-0.05, 0) is 44.3 Å². The number of hydrogen-bond donors (Lipinski definition) is 2. The fraction of sp³-hybridized carbons (Fsp3) is 1.00. The van der Waals surface area contributed by atoms with Crippen molar-refractivity contribution in [3.8, 4) is 0 Å². The summed E-state index contributed by atoms with van der Waals surface area (Å²) in [5, 5.41) is 12.3. The molecule has 0 aromatic rings. The van der Waals surface area contributed by atoms with E-state index in [1.54, 1.807) is 0 Å². The normalized spacial score (nSPS) is 28.4. The molecule has 3 heteroatoms. The zero-order valence-electron chi connectivity index (χ0n) is 8.26. The van der Waals surface area contributed by atoms with Crippen molar-refractivity contribution in [2.75, 3.05) is 39.3 Å². The smallest absolute Gasteiger partial charge is 0.0558 e. The van der Waals surface area contributed by atoms with Gasteiger partial charge in [0.1, 0.15) is 0 Å². The second-order valence-corrected chi connectivity index (χ2v) is 4.49. The predicted octanol–water partition coefficient (Wildman–Crippen LogP) is 0.0542. The van der Waals surface area contributed by atoms with Gasteiger partial charge in [-0.1, -0.05) is 0 Å². The van der Waals surface area contributed by atoms with Crippen molar-refractivity contribution in [3.05, 3.63) is 0 Å². The average Bonchev–Trinajstić information content (AvgIpc) is 2.59. The van der Waals surface area contributed by atoms with Crippen LogP contribution in [0.2, 0.25) is 0 Å². The van der Waals surface area contributed by atoms with Gasteiger partial charge in [-0.2, -0.15) is 0 Å². The monoisotopic (exact) mass is 184 g/mol. The van der Waals surface area contributed by atoms with Crippen molar-refractivity contribution in [3.63, 3.8) is 0 Å². The van der Waals surface area contributed by atoms with E-state index in [4.69, 9.17) is 5.11 Å². The minimum Gasteiger partial charge on any atom is -0.395 e. The molecule has 2 heterocycles. The maximum atomic E-state index is 8.82. The lowest BCUT2D eigenvalue weighted by atomic mass is 9.78. The maximum Gasteiger partial charge on any atom is 0.0558 e. The van der Waals surface area contributed by atoms with E-state index in [2.05, 4.69) is 10.2 Å². The van der Waals surface area contributed by atoms with Gasteiger partial charge in [0.05, 0.1) is 6.61 Å². The molecule has 2 aliphatic heterocycles. The topological polar surface area (TPSA) is 35.5 Å². The zero-order chi connectivity index (χ0) is 9.15. The number of piperidine rings is 1. The number of hydrogen-bond acceptors (Lipinski definition) is 3. The standard InChI is InChI=1S/C10H20N2O/c13-8-7-12-5-2-10(3-6-12)1-4-11-9-10/h11,13H,1-9H2. The Morgan fingerprint density at radius 3 is 2.54 bits per heavy atom. The summed E-state index contributed by atoms with van der Waals surface area (Å²) in [5.41, 5.74) is 0.617. The Labute approximate surface area is 80.1 Å². The van der Waals surface area contributed by atoms with Crippen LogP contribution in [0.15, 0.2) is 0 Å². The highest BCUT2D eigenvalue weighted by Crippen LogP contribution is 2.36. The Bertz CT molecular complexity index is 156. The van der Waals surface area contributed by atoms with Crippen molar-refractivity contribution in [2.24, 2.45) is 5.41 Å². The quantitative estimate of drug-likeness (QED) is 0.637. The molecule has 3 nitrogen and oxygen atoms in total. The van der Waals surface area contributed by atoms with Crippen LogP contribution in [0.25, 0.3) is 0 Å². The van der Waals surface area contributed by atoms with Crippen LogP contribution >= 0.6 is 0 Å². The van der Waals surface area contributed by atoms with Crippen LogP contribution in [-0.2, 0) is 0 Å². The van der Waals surface area contributed by atoms with Crippen LogP contribution in [0.3, 0.4) is 0 Å². The van der Waals surface area contributed by atoms with Crippen molar-refractivity contribution < 1.29 is 5.11 Å². The van der Waals surface area contributed by atoms with Gasteiger partial charge < -0.3 is 15.3 Å². The van der Waals surface area contributed by atoms with Crippen molar-refractivity contribution >= 4 is 0 Å². The van der Waals surface area contributed by atoms with Gasteiger partial charge in [-0.3, -0.25) is 0 Å². The molecule has 0 atom stereocenters. The molecule has 2 N–H and O–H groups in total. The molecule has 2 fully saturated rings. The Balaban J connectivity index is 1.81. The molecule has 76 valence electrons. The molecular formula is C10H20N2O. The summed E-state index contributed by atoms with van der Waals surface area (Å²) in [6.45, 7) is 5.97. The first kappa shape index (κ1) is 9.44. The molecule has 0 bridgehead atoms. The van der Waals surface area contributed by atoms with E-state index >= 15 is 0 Å². The van der Waals surface area contributed by atoms with Crippen molar-refractivity contribution in [1.29, 1.82) is 0 Å². The summed E-state index contributed by atoms with van der Waals surface area (Å²) in [4.78, 5) is 2.38. The third-order valence-corrected chi connectivity index (χ3v) is 3.67. The highest BCUT2D eigenvalue weighted by molar-refractivity contribution is 4.92. The highest BCUT2D eigenvalue weighted by atomic mass is 16.3. The summed E-state index contributed by atoms with van der Waals surface area (Å²) < 4.78 is 0. The lowest BCUT2D eigenvalue weighted by Gasteiger charge is -2.38. The minimum absolute atomic E-state index is 0.311. The number of nitrogens with one attached hydrogen (secondary N) is 1. The third kappa shape index (κ3) is 2.03. The number of rotatable bonds is 2. The van der Waals surface area contributed by atoms with E-state index in [0.717, 1.165) is 6.54 Å². The first-order chi connectivity index (χ1) is 6.35. The van der Waals surface area contributed by atoms with Crippen molar-refractivity contribution in [2.45, 2.75) is 19.3 Å². The summed E-state index contributed by atoms with van der Waals surface area (Å²) in [7, 11) is 0. The molecule has 13 heavy (non-hydrogen) atoms. The lowest BCUT2D eigenvalue weighted by molar-refractivity contribution is 0.101. The van der Waals surface area contributed by atoms with Crippen LogP contribution in [0.1, 0.15) is 19.3 Å². The van der Waals surface area contributed by atoms with Crippen LogP contribution in [0.5, 0.6) is 0 Å².